The van der Waals surface area contributed by atoms with Gasteiger partial charge in [0.25, 0.3) is 0 Å². The molecule has 4 rings (SSSR count). The van der Waals surface area contributed by atoms with Crippen LogP contribution in [0.15, 0.2) is 121 Å². The maximum Gasteiger partial charge on any atom is 0.407 e. The molecule has 0 aliphatic carbocycles. The Balaban J connectivity index is 1.21. The minimum atomic E-state index is -0.832. The Bertz CT molecular complexity index is 2360. The molecule has 87 heavy (non-hydrogen) atoms. The molecule has 22 nitrogen and oxygen atoms in total. The van der Waals surface area contributed by atoms with Crippen molar-refractivity contribution in [1.82, 2.24) is 31.9 Å². The molecule has 0 heterocycles. The average Bonchev–Trinajstić information content (AvgIpc) is 3.58. The van der Waals surface area contributed by atoms with Crippen LogP contribution in [-0.4, -0.2) is 113 Å². The molecule has 0 aliphatic rings. The number of amides is 10. The molecule has 10 N–H and O–H groups in total. The van der Waals surface area contributed by atoms with Crippen molar-refractivity contribution in [1.29, 1.82) is 0 Å². The van der Waals surface area contributed by atoms with Crippen molar-refractivity contribution in [2.75, 3.05) is 73.7 Å². The Morgan fingerprint density at radius 1 is 0.287 bits per heavy atom. The summed E-state index contributed by atoms with van der Waals surface area (Å²) in [6.07, 6.45) is 12.2. The second kappa shape index (κ2) is 46.7. The van der Waals surface area contributed by atoms with Crippen molar-refractivity contribution in [2.24, 2.45) is 0 Å². The fourth-order valence-electron chi connectivity index (χ4n) is 8.86. The van der Waals surface area contributed by atoms with Crippen LogP contribution in [0.1, 0.15) is 148 Å². The van der Waals surface area contributed by atoms with E-state index < -0.39 is 36.3 Å². The highest BCUT2D eigenvalue weighted by atomic mass is 16.6. The van der Waals surface area contributed by atoms with Gasteiger partial charge in [-0.25, -0.2) is 28.8 Å². The third-order valence-electron chi connectivity index (χ3n) is 13.6. The molecule has 0 fully saturated rings. The van der Waals surface area contributed by atoms with E-state index in [-0.39, 0.29) is 63.0 Å². The number of unbranched alkanes of at least 4 members (excludes halogenated alkanes) is 14. The van der Waals surface area contributed by atoms with Crippen LogP contribution in [0, 0.1) is 0 Å². The van der Waals surface area contributed by atoms with Gasteiger partial charge < -0.3 is 72.1 Å². The number of esters is 2. The van der Waals surface area contributed by atoms with E-state index in [1.165, 1.54) is 0 Å². The Labute approximate surface area is 513 Å². The quantitative estimate of drug-likeness (QED) is 0.0112. The predicted molar refractivity (Wildman–Crippen MR) is 339 cm³/mol. The molecule has 476 valence electrons. The molecule has 0 radical (unpaired) electrons. The summed E-state index contributed by atoms with van der Waals surface area (Å²) < 4.78 is 22.9. The highest BCUT2D eigenvalue weighted by Gasteiger charge is 2.22. The van der Waals surface area contributed by atoms with Gasteiger partial charge in [0.1, 0.15) is 25.4 Å². The molecule has 0 spiro atoms. The number of carbonyl (C=O) groups excluding carboxylic acids is 8. The highest BCUT2D eigenvalue weighted by Crippen LogP contribution is 2.16. The number of ether oxygens (including phenoxy) is 4. The van der Waals surface area contributed by atoms with Gasteiger partial charge in [-0.3, -0.25) is 9.59 Å². The third kappa shape index (κ3) is 38.2. The molecule has 22 heteroatoms. The van der Waals surface area contributed by atoms with Crippen molar-refractivity contribution in [3.63, 3.8) is 0 Å². The molecular formula is C65H94N10O12. The molecule has 0 aliphatic heterocycles. The Morgan fingerprint density at radius 2 is 0.529 bits per heavy atom. The summed E-state index contributed by atoms with van der Waals surface area (Å²) in [6, 6.07) is 35.7. The number of hydrogen-bond donors (Lipinski definition) is 10. The molecule has 2 unspecified atom stereocenters. The SMILES string of the molecule is O=C(NCCCCCCCC(=O)OCC(CCCC(COC(=O)CCCCCCCNC(=O)Nc1ccccc1)OC(=O)NCCCCCCNC(=O)Nc1ccccc1)OC(=O)NCCCCCCNC(=O)Nc1ccccc1)Nc1ccccc1. The number of carbonyl (C=O) groups is 8. The van der Waals surface area contributed by atoms with Gasteiger partial charge in [-0.15, -0.1) is 0 Å². The van der Waals surface area contributed by atoms with E-state index in [4.69, 9.17) is 18.9 Å². The zero-order valence-electron chi connectivity index (χ0n) is 50.5. The molecular weight excluding hydrogens is 1110 g/mol. The van der Waals surface area contributed by atoms with Crippen LogP contribution >= 0.6 is 0 Å². The van der Waals surface area contributed by atoms with Crippen LogP contribution in [0.3, 0.4) is 0 Å². The normalized spacial score (nSPS) is 11.3. The zero-order valence-corrected chi connectivity index (χ0v) is 50.5. The van der Waals surface area contributed by atoms with Gasteiger partial charge in [0.15, 0.2) is 0 Å². The number of rotatable bonds is 44. The maximum atomic E-state index is 13.1. The maximum absolute atomic E-state index is 13.1. The van der Waals surface area contributed by atoms with Crippen molar-refractivity contribution in [3.8, 4) is 0 Å². The molecule has 0 aromatic heterocycles. The summed E-state index contributed by atoms with van der Waals surface area (Å²) >= 11 is 0. The number of para-hydroxylation sites is 4. The van der Waals surface area contributed by atoms with Crippen molar-refractivity contribution in [3.05, 3.63) is 121 Å². The third-order valence-corrected chi connectivity index (χ3v) is 13.6. The second-order valence-corrected chi connectivity index (χ2v) is 21.1. The first-order valence-electron chi connectivity index (χ1n) is 31.1. The van der Waals surface area contributed by atoms with Crippen molar-refractivity contribution in [2.45, 2.75) is 160 Å². The lowest BCUT2D eigenvalue weighted by Crippen LogP contribution is -2.34. The first kappa shape index (κ1) is 70.9. The Morgan fingerprint density at radius 3 is 0.805 bits per heavy atom. The van der Waals surface area contributed by atoms with Gasteiger partial charge in [0.2, 0.25) is 0 Å². The van der Waals surface area contributed by atoms with Crippen molar-refractivity contribution < 1.29 is 57.3 Å². The van der Waals surface area contributed by atoms with Gasteiger partial charge >= 0.3 is 48.2 Å². The molecule has 0 saturated carbocycles. The lowest BCUT2D eigenvalue weighted by atomic mass is 10.1. The molecule has 0 bridgehead atoms. The van der Waals surface area contributed by atoms with Crippen LogP contribution in [-0.2, 0) is 28.5 Å². The van der Waals surface area contributed by atoms with E-state index in [9.17, 15) is 38.4 Å². The van der Waals surface area contributed by atoms with Crippen LogP contribution < -0.4 is 53.2 Å². The summed E-state index contributed by atoms with van der Waals surface area (Å²) in [5.41, 5.74) is 2.85. The first-order chi connectivity index (χ1) is 42.5. The number of hydrogen-bond acceptors (Lipinski definition) is 12. The molecule has 4 aromatic rings. The standard InChI is InChI=1S/C65H94N10O12/c76-58(42-23-3-1-5-25-44-66-60(78)72-52-32-15-11-16-33-52)84-50-56(86-64(82)70-48-29-9-7-27-46-68-62(80)74-54-36-19-13-20-37-54)40-31-41-57(87-65(83)71-49-30-10-8-28-47-69-63(81)75-55-38-21-14-22-39-55)51-85-59(77)43-24-4-2-6-26-45-67-61(79)73-53-34-17-12-18-35-53/h11-22,32-39,56-57H,1-10,23-31,40-51H2,(H,70,82)(H,71,83)(H2,66,72,78)(H2,67,73,79)(H2,68,74,80)(H2,69,75,81). The number of nitrogens with one attached hydrogen (secondary N) is 10. The Hall–Kier alpha value is -8.56. The van der Waals surface area contributed by atoms with E-state index in [1.54, 1.807) is 0 Å². The highest BCUT2D eigenvalue weighted by molar-refractivity contribution is 5.90. The molecule has 4 aromatic carbocycles. The molecule has 0 saturated heterocycles. The Kier molecular flexibility index (Phi) is 38.1. The first-order valence-corrected chi connectivity index (χ1v) is 31.1. The van der Waals surface area contributed by atoms with E-state index in [2.05, 4.69) is 53.2 Å². The minimum absolute atomic E-state index is 0.179. The van der Waals surface area contributed by atoms with E-state index in [1.807, 2.05) is 121 Å². The zero-order chi connectivity index (χ0) is 62.0. The van der Waals surface area contributed by atoms with Gasteiger partial charge in [-0.05, 0) is 119 Å². The largest absolute Gasteiger partial charge is 0.462 e. The van der Waals surface area contributed by atoms with Gasteiger partial charge in [-0.2, -0.15) is 0 Å². The second-order valence-electron chi connectivity index (χ2n) is 21.1. The average molecular weight is 1210 g/mol. The van der Waals surface area contributed by atoms with Gasteiger partial charge in [0.05, 0.1) is 0 Å². The van der Waals surface area contributed by atoms with Gasteiger partial charge in [-0.1, -0.05) is 137 Å². The fourth-order valence-corrected chi connectivity index (χ4v) is 8.86. The van der Waals surface area contributed by atoms with Crippen LogP contribution in [0.2, 0.25) is 0 Å². The summed E-state index contributed by atoms with van der Waals surface area (Å²) in [6.45, 7) is 2.37. The number of anilines is 4. The number of alkyl carbamates (subject to hydrolysis) is 2. The molecule has 10 amide bonds. The lowest BCUT2D eigenvalue weighted by Gasteiger charge is -2.21. The smallest absolute Gasteiger partial charge is 0.407 e. The minimum Gasteiger partial charge on any atom is -0.462 e. The summed E-state index contributed by atoms with van der Waals surface area (Å²) in [4.78, 5) is 101. The van der Waals surface area contributed by atoms with Crippen molar-refractivity contribution >= 4 is 71.0 Å². The molecule has 2 atom stereocenters. The summed E-state index contributed by atoms with van der Waals surface area (Å²) in [7, 11) is 0. The van der Waals surface area contributed by atoms with E-state index in [0.717, 1.165) is 89.9 Å². The predicted octanol–water partition coefficient (Wildman–Crippen LogP) is 12.5. The van der Waals surface area contributed by atoms with Crippen LogP contribution in [0.5, 0.6) is 0 Å². The van der Waals surface area contributed by atoms with Crippen LogP contribution in [0.4, 0.5) is 51.5 Å². The number of urea groups is 4. The van der Waals surface area contributed by atoms with E-state index >= 15 is 0 Å². The topological polar surface area (TPSA) is 294 Å². The summed E-state index contributed by atoms with van der Waals surface area (Å²) in [5.74, 6) is -0.854. The lowest BCUT2D eigenvalue weighted by molar-refractivity contribution is -0.147. The monoisotopic (exact) mass is 1210 g/mol. The number of benzene rings is 4. The fraction of sp³-hybridized carbons (Fsp3) is 0.508. The van der Waals surface area contributed by atoms with E-state index in [0.29, 0.717) is 94.1 Å². The van der Waals surface area contributed by atoms with Crippen LogP contribution in [0.25, 0.3) is 0 Å². The summed E-state index contributed by atoms with van der Waals surface area (Å²) in [5, 5.41) is 28.1. The van der Waals surface area contributed by atoms with Gasteiger partial charge in [0, 0.05) is 74.9 Å².